The average molecular weight is 200 g/mol. The van der Waals surface area contributed by atoms with E-state index in [2.05, 4.69) is 0 Å². The predicted octanol–water partition coefficient (Wildman–Crippen LogP) is -1.27. The molecule has 5 nitrogen and oxygen atoms in total. The van der Waals surface area contributed by atoms with E-state index in [1.807, 2.05) is 6.92 Å². The normalized spacial score (nSPS) is 29.1. The quantitative estimate of drug-likeness (QED) is 0.485. The Labute approximate surface area is 84.0 Å². The van der Waals surface area contributed by atoms with Crippen molar-refractivity contribution in [1.82, 2.24) is 4.90 Å². The molecule has 1 fully saturated rings. The van der Waals surface area contributed by atoms with Crippen LogP contribution >= 0.6 is 0 Å². The van der Waals surface area contributed by atoms with E-state index < -0.39 is 19.1 Å². The molecule has 14 heavy (non-hydrogen) atoms. The van der Waals surface area contributed by atoms with Gasteiger partial charge in [-0.25, -0.2) is 0 Å². The summed E-state index contributed by atoms with van der Waals surface area (Å²) in [6.45, 7) is 3.50. The van der Waals surface area contributed by atoms with Gasteiger partial charge < -0.3 is 20.7 Å². The summed E-state index contributed by atoms with van der Waals surface area (Å²) < 4.78 is 0. The highest BCUT2D eigenvalue weighted by Gasteiger charge is 2.41. The molecule has 1 rings (SSSR count). The first-order valence-corrected chi connectivity index (χ1v) is 4.89. The van der Waals surface area contributed by atoms with Gasteiger partial charge in [-0.15, -0.1) is 0 Å². The van der Waals surface area contributed by atoms with Crippen LogP contribution in [0, 0.1) is 0 Å². The number of nitrogens with zero attached hydrogens (tertiary/aromatic N) is 1. The Balaban J connectivity index is 2.76. The lowest BCUT2D eigenvalue weighted by molar-refractivity contribution is -0.133. The fourth-order valence-corrected chi connectivity index (χ4v) is 1.93. The summed E-state index contributed by atoms with van der Waals surface area (Å²) in [4.78, 5) is 13.1. The zero-order valence-corrected chi connectivity index (χ0v) is 8.55. The Hall–Kier alpha value is -0.585. The second kappa shape index (κ2) is 4.29. The first-order valence-electron chi connectivity index (χ1n) is 4.89. The van der Waals surface area contributed by atoms with Crippen molar-refractivity contribution in [3.05, 3.63) is 0 Å². The molecule has 0 saturated carbocycles. The lowest BCUT2D eigenvalue weighted by Gasteiger charge is -2.29. The molecule has 0 aromatic rings. The summed E-state index contributed by atoms with van der Waals surface area (Å²) in [5.41, 5.74) is 5.49. The van der Waals surface area contributed by atoms with Gasteiger partial charge in [0.1, 0.15) is 0 Å². The minimum Gasteiger partial charge on any atom is -0.426 e. The van der Waals surface area contributed by atoms with Gasteiger partial charge in [-0.2, -0.15) is 0 Å². The number of carbonyl (C=O) groups excluding carboxylic acids is 1. The topological polar surface area (TPSA) is 86.8 Å². The Morgan fingerprint density at radius 3 is 2.57 bits per heavy atom. The molecule has 1 unspecified atom stereocenters. The SMILES string of the molecule is CC1CC[C@@H](B(O)O)N1C(=O)[C@H](C)N. The summed E-state index contributed by atoms with van der Waals surface area (Å²) in [5, 5.41) is 18.2. The summed E-state index contributed by atoms with van der Waals surface area (Å²) in [7, 11) is -1.47. The smallest absolute Gasteiger partial charge is 0.426 e. The minimum atomic E-state index is -1.47. The monoisotopic (exact) mass is 200 g/mol. The Morgan fingerprint density at radius 2 is 2.14 bits per heavy atom. The number of amides is 1. The first-order chi connectivity index (χ1) is 6.45. The van der Waals surface area contributed by atoms with Crippen molar-refractivity contribution in [2.24, 2.45) is 5.73 Å². The fourth-order valence-electron chi connectivity index (χ4n) is 1.93. The van der Waals surface area contributed by atoms with E-state index in [4.69, 9.17) is 15.8 Å². The molecule has 1 saturated heterocycles. The van der Waals surface area contributed by atoms with Gasteiger partial charge >= 0.3 is 7.12 Å². The largest absolute Gasteiger partial charge is 0.475 e. The molecule has 0 radical (unpaired) electrons. The number of nitrogens with two attached hydrogens (primary N) is 1. The highest BCUT2D eigenvalue weighted by molar-refractivity contribution is 6.43. The van der Waals surface area contributed by atoms with E-state index in [-0.39, 0.29) is 11.9 Å². The maximum atomic E-state index is 11.6. The molecule has 1 aliphatic rings. The molecule has 0 aromatic carbocycles. The Kier molecular flexibility index (Phi) is 3.52. The van der Waals surface area contributed by atoms with E-state index in [1.54, 1.807) is 6.92 Å². The van der Waals surface area contributed by atoms with E-state index in [0.29, 0.717) is 6.42 Å². The van der Waals surface area contributed by atoms with E-state index in [1.165, 1.54) is 4.90 Å². The molecule has 80 valence electrons. The van der Waals surface area contributed by atoms with Crippen molar-refractivity contribution < 1.29 is 14.8 Å². The van der Waals surface area contributed by atoms with E-state index in [0.717, 1.165) is 6.42 Å². The maximum Gasteiger partial charge on any atom is 0.475 e. The van der Waals surface area contributed by atoms with Crippen molar-refractivity contribution in [3.8, 4) is 0 Å². The minimum absolute atomic E-state index is 0.0419. The second-order valence-corrected chi connectivity index (χ2v) is 3.94. The van der Waals surface area contributed by atoms with E-state index >= 15 is 0 Å². The molecule has 3 atom stereocenters. The summed E-state index contributed by atoms with van der Waals surface area (Å²) in [6, 6.07) is -0.544. The van der Waals surface area contributed by atoms with Crippen molar-refractivity contribution in [3.63, 3.8) is 0 Å². The van der Waals surface area contributed by atoms with Gasteiger partial charge in [-0.3, -0.25) is 4.79 Å². The van der Waals surface area contributed by atoms with Crippen LogP contribution in [0.3, 0.4) is 0 Å². The first kappa shape index (κ1) is 11.5. The maximum absolute atomic E-state index is 11.6. The third kappa shape index (κ3) is 2.08. The van der Waals surface area contributed by atoms with Crippen LogP contribution in [0.4, 0.5) is 0 Å². The van der Waals surface area contributed by atoms with Crippen LogP contribution in [0.1, 0.15) is 26.7 Å². The van der Waals surface area contributed by atoms with Crippen LogP contribution in [0.15, 0.2) is 0 Å². The van der Waals surface area contributed by atoms with Crippen LogP contribution in [0.25, 0.3) is 0 Å². The van der Waals surface area contributed by atoms with Crippen molar-refractivity contribution in [2.75, 3.05) is 0 Å². The molecule has 1 aliphatic heterocycles. The van der Waals surface area contributed by atoms with Gasteiger partial charge in [0.25, 0.3) is 0 Å². The standard InChI is InChI=1S/C8H17BN2O3/c1-5-3-4-7(9(13)14)11(5)8(12)6(2)10/h5-7,13-14H,3-4,10H2,1-2H3/t5?,6-,7-/m0/s1. The summed E-state index contributed by atoms with van der Waals surface area (Å²) in [5.74, 6) is -0.711. The molecule has 0 aromatic heterocycles. The summed E-state index contributed by atoms with van der Waals surface area (Å²) in [6.07, 6.45) is 1.41. The number of hydrogen-bond acceptors (Lipinski definition) is 4. The molecular formula is C8H17BN2O3. The van der Waals surface area contributed by atoms with E-state index in [9.17, 15) is 4.79 Å². The molecular weight excluding hydrogens is 183 g/mol. The number of hydrogen-bond donors (Lipinski definition) is 3. The zero-order valence-electron chi connectivity index (χ0n) is 8.55. The highest BCUT2D eigenvalue weighted by Crippen LogP contribution is 2.24. The van der Waals surface area contributed by atoms with Crippen molar-refractivity contribution >= 4 is 13.0 Å². The number of carbonyl (C=O) groups is 1. The Bertz CT molecular complexity index is 223. The fraction of sp³-hybridized carbons (Fsp3) is 0.875. The average Bonchev–Trinajstić information content (AvgIpc) is 2.45. The molecule has 1 heterocycles. The van der Waals surface area contributed by atoms with Crippen LogP contribution in [0.2, 0.25) is 0 Å². The van der Waals surface area contributed by atoms with Crippen molar-refractivity contribution in [1.29, 1.82) is 0 Å². The third-order valence-electron chi connectivity index (χ3n) is 2.70. The van der Waals surface area contributed by atoms with Crippen LogP contribution in [0.5, 0.6) is 0 Å². The van der Waals surface area contributed by atoms with Crippen LogP contribution in [-0.4, -0.2) is 46.0 Å². The molecule has 0 spiro atoms. The van der Waals surface area contributed by atoms with Crippen LogP contribution in [-0.2, 0) is 4.79 Å². The predicted molar refractivity (Wildman–Crippen MR) is 53.2 cm³/mol. The third-order valence-corrected chi connectivity index (χ3v) is 2.70. The highest BCUT2D eigenvalue weighted by atomic mass is 16.4. The number of likely N-dealkylation sites (tertiary alicyclic amines) is 1. The Morgan fingerprint density at radius 1 is 1.57 bits per heavy atom. The van der Waals surface area contributed by atoms with Gasteiger partial charge in [-0.05, 0) is 26.7 Å². The molecule has 4 N–H and O–H groups in total. The zero-order chi connectivity index (χ0) is 10.9. The van der Waals surface area contributed by atoms with Gasteiger partial charge in [0, 0.05) is 6.04 Å². The lowest BCUT2D eigenvalue weighted by atomic mass is 9.78. The van der Waals surface area contributed by atoms with Gasteiger partial charge in [0.05, 0.1) is 12.0 Å². The second-order valence-electron chi connectivity index (χ2n) is 3.94. The van der Waals surface area contributed by atoms with Crippen molar-refractivity contribution in [2.45, 2.75) is 44.7 Å². The van der Waals surface area contributed by atoms with Crippen LogP contribution < -0.4 is 5.73 Å². The molecule has 0 aliphatic carbocycles. The lowest BCUT2D eigenvalue weighted by Crippen LogP contribution is -2.52. The molecule has 1 amide bonds. The van der Waals surface area contributed by atoms with Gasteiger partial charge in [-0.1, -0.05) is 0 Å². The van der Waals surface area contributed by atoms with Gasteiger partial charge in [0.2, 0.25) is 5.91 Å². The number of rotatable bonds is 2. The van der Waals surface area contributed by atoms with Gasteiger partial charge in [0.15, 0.2) is 0 Å². The molecule has 0 bridgehead atoms. The molecule has 6 heteroatoms. The summed E-state index contributed by atoms with van der Waals surface area (Å²) >= 11 is 0.